The van der Waals surface area contributed by atoms with Crippen LogP contribution in [0.3, 0.4) is 0 Å². The van der Waals surface area contributed by atoms with Crippen LogP contribution in [-0.4, -0.2) is 35.3 Å². The highest BCUT2D eigenvalue weighted by Crippen LogP contribution is 2.20. The molecule has 5 aromatic carbocycles. The van der Waals surface area contributed by atoms with Gasteiger partial charge in [0.1, 0.15) is 11.5 Å². The lowest BCUT2D eigenvalue weighted by atomic mass is 10.1. The van der Waals surface area contributed by atoms with Crippen molar-refractivity contribution in [3.05, 3.63) is 109 Å². The van der Waals surface area contributed by atoms with Gasteiger partial charge in [0, 0.05) is 11.4 Å². The van der Waals surface area contributed by atoms with Gasteiger partial charge in [-0.3, -0.25) is 20.2 Å². The molecule has 0 aliphatic heterocycles. The highest BCUT2D eigenvalue weighted by molar-refractivity contribution is 7.80. The largest absolute Gasteiger partial charge is 0.484 e. The van der Waals surface area contributed by atoms with Gasteiger partial charge in [-0.05, 0) is 94.5 Å². The highest BCUT2D eigenvalue weighted by atomic mass is 32.1. The number of thiocarbonyl (C=S) groups is 2. The van der Waals surface area contributed by atoms with Crippen LogP contribution < -0.4 is 30.7 Å². The number of benzene rings is 5. The summed E-state index contributed by atoms with van der Waals surface area (Å²) >= 11 is 10.5. The Balaban J connectivity index is 1.01. The van der Waals surface area contributed by atoms with Crippen molar-refractivity contribution in [3.8, 4) is 11.5 Å². The molecule has 4 N–H and O–H groups in total. The van der Waals surface area contributed by atoms with Crippen LogP contribution in [0.15, 0.2) is 109 Å². The second kappa shape index (κ2) is 13.5. The van der Waals surface area contributed by atoms with E-state index >= 15 is 0 Å². The minimum absolute atomic E-state index is 0.174. The maximum atomic E-state index is 12.3. The fourth-order valence-corrected chi connectivity index (χ4v) is 4.58. The molecule has 0 atom stereocenters. The average molecular weight is 595 g/mol. The van der Waals surface area contributed by atoms with Gasteiger partial charge >= 0.3 is 0 Å². The van der Waals surface area contributed by atoms with E-state index in [-0.39, 0.29) is 23.4 Å². The normalized spacial score (nSPS) is 10.5. The van der Waals surface area contributed by atoms with E-state index in [9.17, 15) is 9.59 Å². The second-order valence-electron chi connectivity index (χ2n) is 9.18. The van der Waals surface area contributed by atoms with Crippen molar-refractivity contribution in [2.75, 3.05) is 23.8 Å². The Bertz CT molecular complexity index is 1650. The molecule has 0 saturated heterocycles. The number of ether oxygens (including phenoxy) is 2. The molecular formula is C32H26N4O4S2. The molecule has 42 heavy (non-hydrogen) atoms. The standard InChI is InChI=1S/C32H26N4O4S2/c37-29(35-31(41)33-25-11-9-21-5-1-3-7-23(21)17-25)19-39-27-13-15-28(16-14-27)40-20-30(38)36-32(42)34-26-12-10-22-6-2-4-8-24(22)18-26/h1-18H,19-20H2,(H2,33,35,37,41)(H2,34,36,38,42). The lowest BCUT2D eigenvalue weighted by Gasteiger charge is -2.12. The highest BCUT2D eigenvalue weighted by Gasteiger charge is 2.09. The molecule has 5 aromatic rings. The Morgan fingerprint density at radius 3 is 1.31 bits per heavy atom. The van der Waals surface area contributed by atoms with Gasteiger partial charge < -0.3 is 20.1 Å². The first kappa shape index (κ1) is 28.5. The summed E-state index contributed by atoms with van der Waals surface area (Å²) in [6.45, 7) is -0.465. The number of fused-ring (bicyclic) bond motifs is 2. The molecule has 0 aliphatic carbocycles. The smallest absolute Gasteiger partial charge is 0.264 e. The van der Waals surface area contributed by atoms with Crippen molar-refractivity contribution in [1.82, 2.24) is 10.6 Å². The summed E-state index contributed by atoms with van der Waals surface area (Å²) in [6, 6.07) is 34.1. The maximum Gasteiger partial charge on any atom is 0.264 e. The minimum atomic E-state index is -0.404. The molecule has 0 saturated carbocycles. The molecular weight excluding hydrogens is 569 g/mol. The molecule has 5 rings (SSSR count). The molecule has 0 spiro atoms. The number of carbonyl (C=O) groups excluding carboxylic acids is 2. The van der Waals surface area contributed by atoms with Gasteiger partial charge in [0.05, 0.1) is 0 Å². The molecule has 0 fully saturated rings. The first-order chi connectivity index (χ1) is 20.4. The quantitative estimate of drug-likeness (QED) is 0.168. The predicted molar refractivity (Wildman–Crippen MR) is 174 cm³/mol. The maximum absolute atomic E-state index is 12.3. The Morgan fingerprint density at radius 1 is 0.524 bits per heavy atom. The molecule has 2 amide bonds. The number of nitrogens with one attached hydrogen (secondary N) is 4. The Hall–Kier alpha value is -5.06. The summed E-state index contributed by atoms with van der Waals surface area (Å²) in [7, 11) is 0. The van der Waals surface area contributed by atoms with Gasteiger partial charge in [-0.25, -0.2) is 0 Å². The molecule has 210 valence electrons. The Labute approximate surface area is 253 Å². The van der Waals surface area contributed by atoms with Crippen LogP contribution in [0.5, 0.6) is 11.5 Å². The first-order valence-corrected chi connectivity index (χ1v) is 13.8. The third kappa shape index (κ3) is 8.00. The summed E-state index contributed by atoms with van der Waals surface area (Å²) in [5.41, 5.74) is 1.54. The summed E-state index contributed by atoms with van der Waals surface area (Å²) < 4.78 is 11.1. The summed E-state index contributed by atoms with van der Waals surface area (Å²) in [4.78, 5) is 24.6. The van der Waals surface area contributed by atoms with Gasteiger partial charge in [-0.1, -0.05) is 60.7 Å². The van der Waals surface area contributed by atoms with E-state index in [0.717, 1.165) is 32.9 Å². The summed E-state index contributed by atoms with van der Waals surface area (Å²) in [5.74, 6) is 0.101. The van der Waals surface area contributed by atoms with Crippen LogP contribution in [0, 0.1) is 0 Å². The Kier molecular flexibility index (Phi) is 9.17. The van der Waals surface area contributed by atoms with Crippen molar-refractivity contribution < 1.29 is 19.1 Å². The molecule has 0 radical (unpaired) electrons. The summed E-state index contributed by atoms with van der Waals surface area (Å²) in [5, 5.41) is 15.9. The third-order valence-electron chi connectivity index (χ3n) is 6.08. The van der Waals surface area contributed by atoms with Gasteiger partial charge in [0.2, 0.25) is 0 Å². The molecule has 0 bridgehead atoms. The van der Waals surface area contributed by atoms with Crippen LogP contribution in [0.25, 0.3) is 21.5 Å². The minimum Gasteiger partial charge on any atom is -0.484 e. The van der Waals surface area contributed by atoms with Crippen LogP contribution in [0.1, 0.15) is 0 Å². The number of carbonyl (C=O) groups is 2. The van der Waals surface area contributed by atoms with Crippen LogP contribution in [-0.2, 0) is 9.59 Å². The van der Waals surface area contributed by atoms with Gasteiger partial charge in [-0.15, -0.1) is 0 Å². The SMILES string of the molecule is O=C(COc1ccc(OCC(=O)NC(=S)Nc2ccc3ccccc3c2)cc1)NC(=S)Nc1ccc2ccccc2c1. The molecule has 8 nitrogen and oxygen atoms in total. The fraction of sp³-hybridized carbons (Fsp3) is 0.0625. The summed E-state index contributed by atoms with van der Waals surface area (Å²) in [6.07, 6.45) is 0. The van der Waals surface area contributed by atoms with E-state index in [1.807, 2.05) is 84.9 Å². The first-order valence-electron chi connectivity index (χ1n) is 13.0. The molecule has 0 unspecified atom stereocenters. The second-order valence-corrected chi connectivity index (χ2v) is 9.99. The van der Waals surface area contributed by atoms with E-state index in [4.69, 9.17) is 33.9 Å². The Morgan fingerprint density at radius 2 is 0.905 bits per heavy atom. The van der Waals surface area contributed by atoms with Crippen molar-refractivity contribution in [3.63, 3.8) is 0 Å². The van der Waals surface area contributed by atoms with Crippen molar-refractivity contribution in [1.29, 1.82) is 0 Å². The van der Waals surface area contributed by atoms with E-state index < -0.39 is 11.8 Å². The molecule has 0 aromatic heterocycles. The van der Waals surface area contributed by atoms with E-state index in [1.54, 1.807) is 24.3 Å². The van der Waals surface area contributed by atoms with Crippen LogP contribution in [0.2, 0.25) is 0 Å². The third-order valence-corrected chi connectivity index (χ3v) is 6.49. The zero-order valence-corrected chi connectivity index (χ0v) is 23.9. The van der Waals surface area contributed by atoms with E-state index in [1.165, 1.54) is 0 Å². The molecule has 10 heteroatoms. The van der Waals surface area contributed by atoms with E-state index in [2.05, 4.69) is 21.3 Å². The molecule has 0 aliphatic rings. The molecule has 0 heterocycles. The number of hydrogen-bond acceptors (Lipinski definition) is 6. The fourth-order valence-electron chi connectivity index (χ4n) is 4.11. The topological polar surface area (TPSA) is 101 Å². The van der Waals surface area contributed by atoms with E-state index in [0.29, 0.717) is 11.5 Å². The van der Waals surface area contributed by atoms with Crippen molar-refractivity contribution in [2.45, 2.75) is 0 Å². The van der Waals surface area contributed by atoms with Gasteiger partial charge in [-0.2, -0.15) is 0 Å². The zero-order chi connectivity index (χ0) is 29.3. The van der Waals surface area contributed by atoms with Crippen molar-refractivity contribution >= 4 is 79.4 Å². The lowest BCUT2D eigenvalue weighted by molar-refractivity contribution is -0.122. The average Bonchev–Trinajstić information content (AvgIpc) is 2.99. The number of hydrogen-bond donors (Lipinski definition) is 4. The zero-order valence-electron chi connectivity index (χ0n) is 22.3. The van der Waals surface area contributed by atoms with Gasteiger partial charge in [0.25, 0.3) is 11.8 Å². The number of amides is 2. The predicted octanol–water partition coefficient (Wildman–Crippen LogP) is 5.78. The number of rotatable bonds is 8. The van der Waals surface area contributed by atoms with Crippen molar-refractivity contribution in [2.24, 2.45) is 0 Å². The van der Waals surface area contributed by atoms with Crippen LogP contribution in [0.4, 0.5) is 11.4 Å². The van der Waals surface area contributed by atoms with Crippen LogP contribution >= 0.6 is 24.4 Å². The monoisotopic (exact) mass is 594 g/mol. The lowest BCUT2D eigenvalue weighted by Crippen LogP contribution is -2.37. The number of anilines is 2. The van der Waals surface area contributed by atoms with Gasteiger partial charge in [0.15, 0.2) is 23.4 Å².